The van der Waals surface area contributed by atoms with Gasteiger partial charge in [-0.15, -0.1) is 0 Å². The number of fused-ring (bicyclic) bond motifs is 1. The molecule has 0 fully saturated rings. The predicted molar refractivity (Wildman–Crippen MR) is 75.1 cm³/mol. The van der Waals surface area contributed by atoms with E-state index >= 15 is 0 Å². The molecule has 1 aromatic rings. The largest absolute Gasteiger partial charge is 0.374 e. The van der Waals surface area contributed by atoms with Crippen LogP contribution in [0.15, 0.2) is 24.3 Å². The second kappa shape index (κ2) is 4.21. The molecule has 0 unspecified atom stereocenters. The summed E-state index contributed by atoms with van der Waals surface area (Å²) in [5, 5.41) is 0. The summed E-state index contributed by atoms with van der Waals surface area (Å²) in [5.74, 6) is 0. The fourth-order valence-electron chi connectivity index (χ4n) is 2.49. The molecule has 0 aromatic heterocycles. The van der Waals surface area contributed by atoms with Crippen molar-refractivity contribution in [1.82, 2.24) is 4.90 Å². The van der Waals surface area contributed by atoms with E-state index < -0.39 is 0 Å². The van der Waals surface area contributed by atoms with Crippen molar-refractivity contribution < 1.29 is 0 Å². The van der Waals surface area contributed by atoms with Gasteiger partial charge in [0.05, 0.1) is 0 Å². The molecule has 17 heavy (non-hydrogen) atoms. The summed E-state index contributed by atoms with van der Waals surface area (Å²) in [6, 6.07) is 6.98. The molecule has 0 saturated carbocycles. The number of rotatable bonds is 0. The van der Waals surface area contributed by atoms with Gasteiger partial charge < -0.3 is 4.90 Å². The van der Waals surface area contributed by atoms with E-state index in [1.165, 1.54) is 22.4 Å². The molecule has 0 saturated heterocycles. The number of benzene rings is 1. The Hall–Kier alpha value is -1.24. The maximum atomic E-state index is 2.38. The highest BCUT2D eigenvalue weighted by molar-refractivity contribution is 5.69. The second-order valence-corrected chi connectivity index (χ2v) is 5.97. The van der Waals surface area contributed by atoms with E-state index in [1.807, 2.05) is 0 Å². The van der Waals surface area contributed by atoms with E-state index in [9.17, 15) is 0 Å². The van der Waals surface area contributed by atoms with Crippen molar-refractivity contribution in [2.45, 2.75) is 39.5 Å². The van der Waals surface area contributed by atoms with Crippen LogP contribution in [-0.2, 0) is 11.8 Å². The molecule has 0 radical (unpaired) electrons. The molecule has 2 rings (SSSR count). The molecule has 1 heteroatoms. The van der Waals surface area contributed by atoms with Gasteiger partial charge in [-0.2, -0.15) is 0 Å². The van der Waals surface area contributed by atoms with Gasteiger partial charge in [0.2, 0.25) is 0 Å². The van der Waals surface area contributed by atoms with Gasteiger partial charge in [-0.05, 0) is 36.0 Å². The Labute approximate surface area is 105 Å². The van der Waals surface area contributed by atoms with Crippen molar-refractivity contribution in [3.8, 4) is 0 Å². The van der Waals surface area contributed by atoms with Crippen molar-refractivity contribution in [2.75, 3.05) is 13.6 Å². The first-order valence-electron chi connectivity index (χ1n) is 6.44. The second-order valence-electron chi connectivity index (χ2n) is 5.97. The highest BCUT2D eigenvalue weighted by Crippen LogP contribution is 2.32. The van der Waals surface area contributed by atoms with Gasteiger partial charge >= 0.3 is 0 Å². The number of nitrogens with zero attached hydrogens (tertiary/aromatic N) is 1. The molecule has 92 valence electrons. The molecule has 1 aromatic carbocycles. The monoisotopic (exact) mass is 229 g/mol. The molecule has 0 N–H and O–H groups in total. The fourth-order valence-corrected chi connectivity index (χ4v) is 2.49. The van der Waals surface area contributed by atoms with E-state index in [-0.39, 0.29) is 5.41 Å². The van der Waals surface area contributed by atoms with Gasteiger partial charge in [0.15, 0.2) is 0 Å². The van der Waals surface area contributed by atoms with Crippen molar-refractivity contribution in [1.29, 1.82) is 0 Å². The molecule has 0 spiro atoms. The van der Waals surface area contributed by atoms with Crippen LogP contribution in [0.5, 0.6) is 0 Å². The van der Waals surface area contributed by atoms with Crippen LogP contribution in [0.4, 0.5) is 0 Å². The minimum Gasteiger partial charge on any atom is -0.374 e. The molecule has 1 heterocycles. The van der Waals surface area contributed by atoms with Crippen LogP contribution < -0.4 is 0 Å². The molecule has 0 atom stereocenters. The van der Waals surface area contributed by atoms with E-state index in [2.05, 4.69) is 63.9 Å². The molecular weight excluding hydrogens is 206 g/mol. The molecule has 1 nitrogen and oxygen atoms in total. The third-order valence-corrected chi connectivity index (χ3v) is 3.65. The smallest absolute Gasteiger partial charge is 0.0396 e. The lowest BCUT2D eigenvalue weighted by Gasteiger charge is -2.31. The minimum absolute atomic E-state index is 0.226. The third kappa shape index (κ3) is 2.24. The van der Waals surface area contributed by atoms with Crippen LogP contribution >= 0.6 is 0 Å². The van der Waals surface area contributed by atoms with Gasteiger partial charge in [-0.3, -0.25) is 0 Å². The quantitative estimate of drug-likeness (QED) is 0.653. The van der Waals surface area contributed by atoms with Crippen molar-refractivity contribution in [3.05, 3.63) is 41.0 Å². The summed E-state index contributed by atoms with van der Waals surface area (Å²) in [4.78, 5) is 2.36. The average molecular weight is 229 g/mol. The van der Waals surface area contributed by atoms with E-state index in [0.29, 0.717) is 0 Å². The van der Waals surface area contributed by atoms with E-state index in [0.717, 1.165) is 13.0 Å². The number of hydrogen-bond acceptors (Lipinski definition) is 1. The number of allylic oxidation sites excluding steroid dienone is 1. The summed E-state index contributed by atoms with van der Waals surface area (Å²) in [5.41, 5.74) is 5.94. The van der Waals surface area contributed by atoms with Crippen molar-refractivity contribution in [3.63, 3.8) is 0 Å². The van der Waals surface area contributed by atoms with Gasteiger partial charge in [0.1, 0.15) is 0 Å². The standard InChI is InChI=1S/C16H23N/c1-6-15-14-11-13(16(2,3)4)8-7-12(14)9-10-17(15)5/h6-8,11H,9-10H2,1-5H3/b15-6-. The first-order chi connectivity index (χ1) is 7.93. The van der Waals surface area contributed by atoms with Crippen molar-refractivity contribution in [2.24, 2.45) is 0 Å². The van der Waals surface area contributed by atoms with Crippen LogP contribution in [-0.4, -0.2) is 18.5 Å². The zero-order chi connectivity index (χ0) is 12.6. The summed E-state index contributed by atoms with van der Waals surface area (Å²) >= 11 is 0. The maximum absolute atomic E-state index is 2.38. The van der Waals surface area contributed by atoms with Crippen LogP contribution in [0.25, 0.3) is 5.70 Å². The van der Waals surface area contributed by atoms with Gasteiger partial charge in [0, 0.05) is 24.9 Å². The Morgan fingerprint density at radius 2 is 1.94 bits per heavy atom. The summed E-state index contributed by atoms with van der Waals surface area (Å²) in [6.45, 7) is 10.1. The van der Waals surface area contributed by atoms with Crippen molar-refractivity contribution >= 4 is 5.70 Å². The highest BCUT2D eigenvalue weighted by atomic mass is 15.1. The van der Waals surface area contributed by atoms with E-state index in [4.69, 9.17) is 0 Å². The van der Waals surface area contributed by atoms with Crippen LogP contribution in [0.3, 0.4) is 0 Å². The zero-order valence-corrected chi connectivity index (χ0v) is 11.7. The van der Waals surface area contributed by atoms with Crippen LogP contribution in [0.2, 0.25) is 0 Å². The predicted octanol–water partition coefficient (Wildman–Crippen LogP) is 3.83. The average Bonchev–Trinajstić information content (AvgIpc) is 2.27. The molecular formula is C16H23N. The molecule has 0 amide bonds. The first kappa shape index (κ1) is 12.2. The summed E-state index contributed by atoms with van der Waals surface area (Å²) in [6.07, 6.45) is 3.39. The highest BCUT2D eigenvalue weighted by Gasteiger charge is 2.21. The Morgan fingerprint density at radius 3 is 2.53 bits per heavy atom. The van der Waals surface area contributed by atoms with Gasteiger partial charge in [-0.25, -0.2) is 0 Å². The summed E-state index contributed by atoms with van der Waals surface area (Å²) in [7, 11) is 2.18. The van der Waals surface area contributed by atoms with Crippen LogP contribution in [0.1, 0.15) is 44.4 Å². The lowest BCUT2D eigenvalue weighted by atomic mass is 9.83. The Morgan fingerprint density at radius 1 is 1.24 bits per heavy atom. The fraction of sp³-hybridized carbons (Fsp3) is 0.500. The molecule has 1 aliphatic rings. The Bertz CT molecular complexity index is 449. The minimum atomic E-state index is 0.226. The molecule has 1 aliphatic heterocycles. The first-order valence-corrected chi connectivity index (χ1v) is 6.44. The number of hydrogen-bond donors (Lipinski definition) is 0. The lowest BCUT2D eigenvalue weighted by Crippen LogP contribution is -2.26. The molecule has 0 aliphatic carbocycles. The zero-order valence-electron chi connectivity index (χ0n) is 11.7. The maximum Gasteiger partial charge on any atom is 0.0396 e. The van der Waals surface area contributed by atoms with Gasteiger partial charge in [-0.1, -0.05) is 39.0 Å². The van der Waals surface area contributed by atoms with E-state index in [1.54, 1.807) is 0 Å². The van der Waals surface area contributed by atoms with Gasteiger partial charge in [0.25, 0.3) is 0 Å². The SMILES string of the molecule is C/C=C1/c2cc(C(C)(C)C)ccc2CCN1C. The number of likely N-dealkylation sites (N-methyl/N-ethyl adjacent to an activating group) is 1. The van der Waals surface area contributed by atoms with Crippen LogP contribution in [0, 0.1) is 0 Å². The Balaban J connectivity index is 2.53. The topological polar surface area (TPSA) is 3.24 Å². The third-order valence-electron chi connectivity index (χ3n) is 3.65. The molecule has 0 bridgehead atoms. The normalized spacial score (nSPS) is 18.4. The Kier molecular flexibility index (Phi) is 3.03. The summed E-state index contributed by atoms with van der Waals surface area (Å²) < 4.78 is 0. The lowest BCUT2D eigenvalue weighted by molar-refractivity contribution is 0.467.